The summed E-state index contributed by atoms with van der Waals surface area (Å²) in [7, 11) is 2.15. The van der Waals surface area contributed by atoms with Crippen LogP contribution in [-0.2, 0) is 13.5 Å². The molecule has 0 fully saturated rings. The SMILES string of the molecule is CCC(N)Cc1c(Sc2ccc(C)cc2)n(C)c2ccccc12. The molecule has 1 heterocycles. The number of fused-ring (bicyclic) bond motifs is 1. The van der Waals surface area contributed by atoms with Crippen LogP contribution in [0.25, 0.3) is 10.9 Å². The smallest absolute Gasteiger partial charge is 0.0838 e. The van der Waals surface area contributed by atoms with Gasteiger partial charge in [-0.3, -0.25) is 0 Å². The summed E-state index contributed by atoms with van der Waals surface area (Å²) in [4.78, 5) is 1.27. The Morgan fingerprint density at radius 2 is 1.78 bits per heavy atom. The second-order valence-corrected chi connectivity index (χ2v) is 7.21. The normalized spacial score (nSPS) is 12.7. The molecule has 1 aromatic heterocycles. The van der Waals surface area contributed by atoms with Crippen LogP contribution in [-0.4, -0.2) is 10.6 Å². The summed E-state index contributed by atoms with van der Waals surface area (Å²) >= 11 is 1.84. The predicted octanol–water partition coefficient (Wildman–Crippen LogP) is 4.92. The highest BCUT2D eigenvalue weighted by molar-refractivity contribution is 7.99. The van der Waals surface area contributed by atoms with Crippen molar-refractivity contribution >= 4 is 22.7 Å². The number of hydrogen-bond donors (Lipinski definition) is 1. The molecule has 2 nitrogen and oxygen atoms in total. The first-order chi connectivity index (χ1) is 11.1. The largest absolute Gasteiger partial charge is 0.338 e. The average Bonchev–Trinajstić information content (AvgIpc) is 2.83. The Morgan fingerprint density at radius 3 is 2.48 bits per heavy atom. The van der Waals surface area contributed by atoms with Gasteiger partial charge in [-0.15, -0.1) is 0 Å². The van der Waals surface area contributed by atoms with Gasteiger partial charge < -0.3 is 10.3 Å². The number of benzene rings is 2. The van der Waals surface area contributed by atoms with Crippen LogP contribution < -0.4 is 5.73 Å². The molecule has 0 amide bonds. The fraction of sp³-hybridized carbons (Fsp3) is 0.300. The van der Waals surface area contributed by atoms with Gasteiger partial charge in [-0.05, 0) is 43.5 Å². The summed E-state index contributed by atoms with van der Waals surface area (Å²) in [5, 5.41) is 2.63. The summed E-state index contributed by atoms with van der Waals surface area (Å²) in [6, 6.07) is 17.6. The van der Waals surface area contributed by atoms with E-state index in [1.165, 1.54) is 32.0 Å². The predicted molar refractivity (Wildman–Crippen MR) is 100 cm³/mol. The first-order valence-electron chi connectivity index (χ1n) is 8.16. The van der Waals surface area contributed by atoms with E-state index in [1.807, 2.05) is 11.8 Å². The molecule has 0 spiro atoms. The van der Waals surface area contributed by atoms with Crippen LogP contribution in [0.4, 0.5) is 0 Å². The minimum Gasteiger partial charge on any atom is -0.338 e. The molecule has 3 heteroatoms. The van der Waals surface area contributed by atoms with E-state index in [2.05, 4.69) is 74.0 Å². The number of hydrogen-bond acceptors (Lipinski definition) is 2. The molecule has 0 saturated heterocycles. The zero-order valence-electron chi connectivity index (χ0n) is 14.0. The summed E-state index contributed by atoms with van der Waals surface area (Å²) in [5.41, 5.74) is 10.2. The number of nitrogens with two attached hydrogens (primary N) is 1. The molecule has 0 aliphatic rings. The van der Waals surface area contributed by atoms with Gasteiger partial charge in [0.05, 0.1) is 5.03 Å². The molecule has 1 unspecified atom stereocenters. The molecule has 120 valence electrons. The van der Waals surface area contributed by atoms with Crippen LogP contribution in [0, 0.1) is 6.92 Å². The number of aryl methyl sites for hydroxylation is 2. The highest BCUT2D eigenvalue weighted by Crippen LogP contribution is 2.37. The molecular weight excluding hydrogens is 300 g/mol. The summed E-state index contributed by atoms with van der Waals surface area (Å²) in [6.45, 7) is 4.28. The summed E-state index contributed by atoms with van der Waals surface area (Å²) < 4.78 is 2.30. The van der Waals surface area contributed by atoms with E-state index in [0.717, 1.165) is 12.8 Å². The van der Waals surface area contributed by atoms with Crippen molar-refractivity contribution in [3.05, 3.63) is 59.7 Å². The fourth-order valence-electron chi connectivity index (χ4n) is 2.90. The Morgan fingerprint density at radius 1 is 1.09 bits per heavy atom. The molecule has 0 radical (unpaired) electrons. The maximum atomic E-state index is 6.27. The third kappa shape index (κ3) is 3.31. The highest BCUT2D eigenvalue weighted by Gasteiger charge is 2.17. The van der Waals surface area contributed by atoms with Crippen LogP contribution in [0.3, 0.4) is 0 Å². The minimum atomic E-state index is 0.207. The number of nitrogens with zero attached hydrogens (tertiary/aromatic N) is 1. The lowest BCUT2D eigenvalue weighted by Gasteiger charge is -2.11. The molecule has 23 heavy (non-hydrogen) atoms. The van der Waals surface area contributed by atoms with Gasteiger partial charge in [-0.2, -0.15) is 0 Å². The molecule has 1 atom stereocenters. The van der Waals surface area contributed by atoms with Crippen LogP contribution in [0.5, 0.6) is 0 Å². The number of aromatic nitrogens is 1. The van der Waals surface area contributed by atoms with Gasteiger partial charge in [-0.1, -0.05) is 54.6 Å². The van der Waals surface area contributed by atoms with Gasteiger partial charge in [0.1, 0.15) is 0 Å². The maximum absolute atomic E-state index is 6.27. The van der Waals surface area contributed by atoms with Crippen LogP contribution in [0.1, 0.15) is 24.5 Å². The van der Waals surface area contributed by atoms with E-state index in [-0.39, 0.29) is 6.04 Å². The molecule has 2 N–H and O–H groups in total. The minimum absolute atomic E-state index is 0.207. The van der Waals surface area contributed by atoms with Gasteiger partial charge in [0.2, 0.25) is 0 Å². The van der Waals surface area contributed by atoms with E-state index >= 15 is 0 Å². The standard InChI is InChI=1S/C20H24N2S/c1-4-15(21)13-18-17-7-5-6-8-19(17)22(3)20(18)23-16-11-9-14(2)10-12-16/h5-12,15H,4,13,21H2,1-3H3. The monoisotopic (exact) mass is 324 g/mol. The lowest BCUT2D eigenvalue weighted by molar-refractivity contribution is 0.638. The van der Waals surface area contributed by atoms with Crippen molar-refractivity contribution in [2.75, 3.05) is 0 Å². The van der Waals surface area contributed by atoms with E-state index in [1.54, 1.807) is 0 Å². The van der Waals surface area contributed by atoms with Gasteiger partial charge in [0, 0.05) is 28.9 Å². The zero-order chi connectivity index (χ0) is 16.4. The lowest BCUT2D eigenvalue weighted by atomic mass is 10.0. The Labute approximate surface area is 142 Å². The number of rotatable bonds is 5. The number of para-hydroxylation sites is 1. The van der Waals surface area contributed by atoms with Gasteiger partial charge in [0.25, 0.3) is 0 Å². The van der Waals surface area contributed by atoms with Crippen molar-refractivity contribution in [2.45, 2.75) is 42.7 Å². The maximum Gasteiger partial charge on any atom is 0.0838 e. The molecule has 3 rings (SSSR count). The summed E-state index contributed by atoms with van der Waals surface area (Å²) in [5.74, 6) is 0. The molecule has 2 aromatic carbocycles. The second kappa shape index (κ2) is 6.81. The Kier molecular flexibility index (Phi) is 4.79. The van der Waals surface area contributed by atoms with Gasteiger partial charge >= 0.3 is 0 Å². The van der Waals surface area contributed by atoms with Crippen LogP contribution >= 0.6 is 11.8 Å². The van der Waals surface area contributed by atoms with E-state index in [9.17, 15) is 0 Å². The van der Waals surface area contributed by atoms with Crippen molar-refractivity contribution in [2.24, 2.45) is 12.8 Å². The first-order valence-corrected chi connectivity index (χ1v) is 8.98. The fourth-order valence-corrected chi connectivity index (χ4v) is 3.95. The molecule has 3 aromatic rings. The Bertz CT molecular complexity index is 802. The van der Waals surface area contributed by atoms with Crippen LogP contribution in [0.15, 0.2) is 58.5 Å². The first kappa shape index (κ1) is 16.2. The Balaban J connectivity index is 2.08. The second-order valence-electron chi connectivity index (χ2n) is 6.15. The topological polar surface area (TPSA) is 30.9 Å². The third-order valence-corrected chi connectivity index (χ3v) is 5.60. The van der Waals surface area contributed by atoms with Crippen molar-refractivity contribution in [1.82, 2.24) is 4.57 Å². The van der Waals surface area contributed by atoms with E-state index < -0.39 is 0 Å². The van der Waals surface area contributed by atoms with Crippen LogP contribution in [0.2, 0.25) is 0 Å². The van der Waals surface area contributed by atoms with Gasteiger partial charge in [0.15, 0.2) is 0 Å². The summed E-state index contributed by atoms with van der Waals surface area (Å²) in [6.07, 6.45) is 1.92. The quantitative estimate of drug-likeness (QED) is 0.722. The third-order valence-electron chi connectivity index (χ3n) is 4.38. The molecule has 0 bridgehead atoms. The van der Waals surface area contributed by atoms with Crippen molar-refractivity contribution in [1.29, 1.82) is 0 Å². The van der Waals surface area contributed by atoms with Crippen molar-refractivity contribution < 1.29 is 0 Å². The van der Waals surface area contributed by atoms with E-state index in [0.29, 0.717) is 0 Å². The molecule has 0 aliphatic heterocycles. The van der Waals surface area contributed by atoms with Crippen molar-refractivity contribution in [3.8, 4) is 0 Å². The van der Waals surface area contributed by atoms with Crippen molar-refractivity contribution in [3.63, 3.8) is 0 Å². The average molecular weight is 324 g/mol. The molecular formula is C20H24N2S. The van der Waals surface area contributed by atoms with Gasteiger partial charge in [-0.25, -0.2) is 0 Å². The Hall–Kier alpha value is -1.71. The lowest BCUT2D eigenvalue weighted by Crippen LogP contribution is -2.21. The highest BCUT2D eigenvalue weighted by atomic mass is 32.2. The molecule has 0 saturated carbocycles. The zero-order valence-corrected chi connectivity index (χ0v) is 14.9. The van der Waals surface area contributed by atoms with E-state index in [4.69, 9.17) is 5.73 Å². The molecule has 0 aliphatic carbocycles.